The fourth-order valence-corrected chi connectivity index (χ4v) is 2.45. The molecule has 0 atom stereocenters. The van der Waals surface area contributed by atoms with Crippen LogP contribution >= 0.6 is 0 Å². The van der Waals surface area contributed by atoms with Gasteiger partial charge in [0.05, 0.1) is 18.3 Å². The van der Waals surface area contributed by atoms with Crippen molar-refractivity contribution in [1.82, 2.24) is 15.1 Å². The highest BCUT2D eigenvalue weighted by Gasteiger charge is 2.26. The minimum Gasteiger partial charge on any atom is -0.390 e. The number of aliphatic hydroxyl groups is 1. The van der Waals surface area contributed by atoms with Crippen LogP contribution in [0.1, 0.15) is 43.8 Å². The van der Waals surface area contributed by atoms with E-state index < -0.39 is 19.1 Å². The first-order valence-electron chi connectivity index (χ1n) is 6.84. The van der Waals surface area contributed by atoms with Crippen LogP contribution in [-0.2, 0) is 6.54 Å². The molecule has 108 valence electrons. The normalized spacial score (nSPS) is 17.8. The molecule has 19 heavy (non-hydrogen) atoms. The van der Waals surface area contributed by atoms with Crippen LogP contribution in [0.25, 0.3) is 0 Å². The molecule has 0 spiro atoms. The summed E-state index contributed by atoms with van der Waals surface area (Å²) in [6, 6.07) is 2.32. The zero-order valence-corrected chi connectivity index (χ0v) is 11.0. The lowest BCUT2D eigenvalue weighted by atomic mass is 9.96. The van der Waals surface area contributed by atoms with Gasteiger partial charge in [0.1, 0.15) is 6.61 Å². The second kappa shape index (κ2) is 6.43. The molecule has 2 N–H and O–H groups in total. The number of nitrogens with zero attached hydrogens (tertiary/aromatic N) is 2. The molecule has 1 heterocycles. The number of nitrogens with one attached hydrogen (secondary N) is 1. The molecule has 4 nitrogen and oxygen atoms in total. The summed E-state index contributed by atoms with van der Waals surface area (Å²) in [6.07, 6.45) is 8.00. The molecular weight excluding hydrogens is 252 g/mol. The molecule has 1 aromatic rings. The molecule has 1 saturated carbocycles. The van der Waals surface area contributed by atoms with Crippen molar-refractivity contribution < 1.29 is 13.9 Å². The molecule has 1 aliphatic carbocycles. The third-order valence-electron chi connectivity index (χ3n) is 3.53. The van der Waals surface area contributed by atoms with Crippen molar-refractivity contribution in [3.63, 3.8) is 0 Å². The largest absolute Gasteiger partial charge is 0.390 e. The van der Waals surface area contributed by atoms with E-state index in [-0.39, 0.29) is 0 Å². The number of hydrogen-bond acceptors (Lipinski definition) is 3. The monoisotopic (exact) mass is 273 g/mol. The van der Waals surface area contributed by atoms with Gasteiger partial charge >= 0.3 is 0 Å². The Morgan fingerprint density at radius 1 is 1.37 bits per heavy atom. The number of rotatable bonds is 6. The Kier molecular flexibility index (Phi) is 4.87. The summed E-state index contributed by atoms with van der Waals surface area (Å²) in [7, 11) is 0. The lowest BCUT2D eigenvalue weighted by Crippen LogP contribution is -2.35. The third-order valence-corrected chi connectivity index (χ3v) is 3.53. The lowest BCUT2D eigenvalue weighted by molar-refractivity contribution is -0.0478. The van der Waals surface area contributed by atoms with E-state index in [0.717, 1.165) is 18.5 Å². The number of aromatic nitrogens is 2. The summed E-state index contributed by atoms with van der Waals surface area (Å²) >= 11 is 0. The maximum absolute atomic E-state index is 12.8. The summed E-state index contributed by atoms with van der Waals surface area (Å²) in [5, 5.41) is 15.5. The van der Waals surface area contributed by atoms with Crippen molar-refractivity contribution in [1.29, 1.82) is 0 Å². The van der Waals surface area contributed by atoms with Crippen LogP contribution in [0.15, 0.2) is 12.3 Å². The maximum Gasteiger partial charge on any atom is 0.282 e. The van der Waals surface area contributed by atoms with Gasteiger partial charge < -0.3 is 10.4 Å². The quantitative estimate of drug-likeness (QED) is 0.834. The van der Waals surface area contributed by atoms with E-state index in [1.54, 1.807) is 0 Å². The predicted molar refractivity (Wildman–Crippen MR) is 68.1 cm³/mol. The Labute approximate surface area is 111 Å². The van der Waals surface area contributed by atoms with Gasteiger partial charge in [-0.2, -0.15) is 5.10 Å². The second-order valence-corrected chi connectivity index (χ2v) is 5.20. The van der Waals surface area contributed by atoms with Crippen molar-refractivity contribution in [2.45, 2.75) is 50.6 Å². The van der Waals surface area contributed by atoms with Crippen LogP contribution in [0.2, 0.25) is 0 Å². The van der Waals surface area contributed by atoms with E-state index in [4.69, 9.17) is 5.11 Å². The number of hydrogen-bond donors (Lipinski definition) is 2. The summed E-state index contributed by atoms with van der Waals surface area (Å²) in [5.41, 5.74) is 0.763. The third kappa shape index (κ3) is 4.24. The van der Waals surface area contributed by atoms with Crippen LogP contribution in [0.5, 0.6) is 0 Å². The SMILES string of the molecule is OCC(F)(F)CNCc1ccn(C2CCCCC2)n1. The minimum absolute atomic E-state index is 0.301. The molecule has 1 aromatic heterocycles. The maximum atomic E-state index is 12.8. The molecule has 0 unspecified atom stereocenters. The zero-order valence-electron chi connectivity index (χ0n) is 11.0. The topological polar surface area (TPSA) is 50.1 Å². The Morgan fingerprint density at radius 2 is 2.11 bits per heavy atom. The first-order valence-corrected chi connectivity index (χ1v) is 6.84. The molecule has 1 aliphatic rings. The Hall–Kier alpha value is -1.01. The molecule has 0 aliphatic heterocycles. The summed E-state index contributed by atoms with van der Waals surface area (Å²) in [4.78, 5) is 0. The fourth-order valence-electron chi connectivity index (χ4n) is 2.45. The molecular formula is C13H21F2N3O. The van der Waals surface area contributed by atoms with Crippen LogP contribution in [-0.4, -0.2) is 34.0 Å². The summed E-state index contributed by atoms with van der Waals surface area (Å²) in [5.74, 6) is -3.06. The van der Waals surface area contributed by atoms with Crippen molar-refractivity contribution >= 4 is 0 Å². The van der Waals surface area contributed by atoms with Gasteiger partial charge in [0.15, 0.2) is 0 Å². The molecule has 0 amide bonds. The Balaban J connectivity index is 1.80. The smallest absolute Gasteiger partial charge is 0.282 e. The van der Waals surface area contributed by atoms with Crippen LogP contribution < -0.4 is 5.32 Å². The van der Waals surface area contributed by atoms with E-state index >= 15 is 0 Å². The number of alkyl halides is 2. The van der Waals surface area contributed by atoms with E-state index in [9.17, 15) is 8.78 Å². The van der Waals surface area contributed by atoms with Crippen LogP contribution in [0.4, 0.5) is 8.78 Å². The minimum atomic E-state index is -3.06. The van der Waals surface area contributed by atoms with Gasteiger partial charge in [0.25, 0.3) is 5.92 Å². The van der Waals surface area contributed by atoms with Crippen LogP contribution in [0.3, 0.4) is 0 Å². The number of aliphatic hydroxyl groups excluding tert-OH is 1. The van der Waals surface area contributed by atoms with E-state index in [1.807, 2.05) is 16.9 Å². The highest BCUT2D eigenvalue weighted by molar-refractivity contribution is 4.99. The second-order valence-electron chi connectivity index (χ2n) is 5.20. The van der Waals surface area contributed by atoms with Gasteiger partial charge in [0.2, 0.25) is 0 Å². The highest BCUT2D eigenvalue weighted by Crippen LogP contribution is 2.27. The molecule has 6 heteroatoms. The standard InChI is InChI=1S/C13H21F2N3O/c14-13(15,10-19)9-16-8-11-6-7-18(17-11)12-4-2-1-3-5-12/h6-7,12,16,19H,1-5,8-10H2. The van der Waals surface area contributed by atoms with Gasteiger partial charge in [-0.1, -0.05) is 19.3 Å². The fraction of sp³-hybridized carbons (Fsp3) is 0.769. The first-order chi connectivity index (χ1) is 9.11. The van der Waals surface area contributed by atoms with Gasteiger partial charge in [-0.15, -0.1) is 0 Å². The van der Waals surface area contributed by atoms with Crippen molar-refractivity contribution in [3.05, 3.63) is 18.0 Å². The average Bonchev–Trinajstić information content (AvgIpc) is 2.88. The average molecular weight is 273 g/mol. The molecule has 1 fully saturated rings. The highest BCUT2D eigenvalue weighted by atomic mass is 19.3. The summed E-state index contributed by atoms with van der Waals surface area (Å²) in [6.45, 7) is -1.36. The molecule has 0 radical (unpaired) electrons. The number of halogens is 2. The van der Waals surface area contributed by atoms with Crippen LogP contribution in [0, 0.1) is 0 Å². The van der Waals surface area contributed by atoms with Gasteiger partial charge in [0, 0.05) is 12.7 Å². The molecule has 2 rings (SSSR count). The molecule has 0 saturated heterocycles. The first kappa shape index (κ1) is 14.4. The lowest BCUT2D eigenvalue weighted by Gasteiger charge is -2.21. The van der Waals surface area contributed by atoms with Crippen molar-refractivity contribution in [2.24, 2.45) is 0 Å². The zero-order chi connectivity index (χ0) is 13.7. The van der Waals surface area contributed by atoms with Gasteiger partial charge in [-0.05, 0) is 18.9 Å². The van der Waals surface area contributed by atoms with Gasteiger partial charge in [-0.25, -0.2) is 8.78 Å². The van der Waals surface area contributed by atoms with E-state index in [2.05, 4.69) is 10.4 Å². The van der Waals surface area contributed by atoms with Gasteiger partial charge in [-0.3, -0.25) is 4.68 Å². The Morgan fingerprint density at radius 3 is 2.79 bits per heavy atom. The van der Waals surface area contributed by atoms with E-state index in [0.29, 0.717) is 12.6 Å². The molecule has 0 bridgehead atoms. The van der Waals surface area contributed by atoms with Crippen molar-refractivity contribution in [2.75, 3.05) is 13.2 Å². The van der Waals surface area contributed by atoms with Crippen molar-refractivity contribution in [3.8, 4) is 0 Å². The Bertz CT molecular complexity index is 389. The van der Waals surface area contributed by atoms with E-state index in [1.165, 1.54) is 19.3 Å². The molecule has 0 aromatic carbocycles. The summed E-state index contributed by atoms with van der Waals surface area (Å²) < 4.78 is 27.6. The predicted octanol–water partition coefficient (Wildman–Crippen LogP) is 2.11.